The molecule has 3 aromatic rings. The summed E-state index contributed by atoms with van der Waals surface area (Å²) in [6.45, 7) is 1.69. The van der Waals surface area contributed by atoms with E-state index in [1.165, 1.54) is 18.2 Å². The Kier molecular flexibility index (Phi) is 3.65. The maximum atomic E-state index is 13.6. The molecule has 6 heteroatoms. The molecule has 2 aromatic carbocycles. The number of hydrogen-bond donors (Lipinski definition) is 1. The highest BCUT2D eigenvalue weighted by Crippen LogP contribution is 2.20. The van der Waals surface area contributed by atoms with Crippen molar-refractivity contribution < 1.29 is 13.7 Å². The van der Waals surface area contributed by atoms with Gasteiger partial charge >= 0.3 is 0 Å². The van der Waals surface area contributed by atoms with Gasteiger partial charge in [0.05, 0.1) is 5.56 Å². The van der Waals surface area contributed by atoms with Gasteiger partial charge in [-0.3, -0.25) is 4.79 Å². The van der Waals surface area contributed by atoms with Crippen LogP contribution in [0.4, 0.5) is 10.1 Å². The molecule has 1 aromatic heterocycles. The fraction of sp³-hybridized carbons (Fsp3) is 0.0625. The highest BCUT2D eigenvalue weighted by atomic mass is 19.1. The molecule has 0 aliphatic carbocycles. The van der Waals surface area contributed by atoms with Crippen LogP contribution in [0.2, 0.25) is 0 Å². The van der Waals surface area contributed by atoms with E-state index in [-0.39, 0.29) is 5.56 Å². The molecule has 0 radical (unpaired) electrons. The van der Waals surface area contributed by atoms with Crippen LogP contribution in [0.3, 0.4) is 0 Å². The van der Waals surface area contributed by atoms with E-state index < -0.39 is 11.7 Å². The molecule has 110 valence electrons. The van der Waals surface area contributed by atoms with Crippen molar-refractivity contribution in [1.82, 2.24) is 10.1 Å². The van der Waals surface area contributed by atoms with E-state index in [4.69, 9.17) is 4.52 Å². The molecule has 0 atom stereocenters. The van der Waals surface area contributed by atoms with E-state index in [1.807, 2.05) is 0 Å². The molecule has 0 saturated carbocycles. The van der Waals surface area contributed by atoms with Crippen LogP contribution in [0.15, 0.2) is 53.1 Å². The maximum Gasteiger partial charge on any atom is 0.258 e. The molecular formula is C16H12FN3O2. The molecule has 0 bridgehead atoms. The van der Waals surface area contributed by atoms with Gasteiger partial charge in [-0.15, -0.1) is 0 Å². The Balaban J connectivity index is 1.84. The molecule has 22 heavy (non-hydrogen) atoms. The van der Waals surface area contributed by atoms with Gasteiger partial charge in [0.15, 0.2) is 0 Å². The number of amides is 1. The lowest BCUT2D eigenvalue weighted by atomic mass is 10.1. The van der Waals surface area contributed by atoms with Gasteiger partial charge in [0, 0.05) is 18.2 Å². The van der Waals surface area contributed by atoms with E-state index >= 15 is 0 Å². The van der Waals surface area contributed by atoms with Crippen LogP contribution < -0.4 is 5.32 Å². The SMILES string of the molecule is Cc1nc(-c2cccc(NC(=O)c3ccccc3F)c2)no1. The van der Waals surface area contributed by atoms with Crippen molar-refractivity contribution in [2.75, 3.05) is 5.32 Å². The van der Waals surface area contributed by atoms with E-state index in [0.717, 1.165) is 0 Å². The summed E-state index contributed by atoms with van der Waals surface area (Å²) < 4.78 is 18.5. The van der Waals surface area contributed by atoms with Crippen molar-refractivity contribution in [3.8, 4) is 11.4 Å². The number of aromatic nitrogens is 2. The van der Waals surface area contributed by atoms with Crippen molar-refractivity contribution in [2.45, 2.75) is 6.92 Å². The number of benzene rings is 2. The van der Waals surface area contributed by atoms with Crippen LogP contribution >= 0.6 is 0 Å². The van der Waals surface area contributed by atoms with Crippen LogP contribution in [0, 0.1) is 12.7 Å². The summed E-state index contributed by atoms with van der Waals surface area (Å²) in [5.74, 6) is -0.195. The first-order valence-electron chi connectivity index (χ1n) is 6.60. The first kappa shape index (κ1) is 13.9. The van der Waals surface area contributed by atoms with Crippen LogP contribution in [0.5, 0.6) is 0 Å². The number of nitrogens with one attached hydrogen (secondary N) is 1. The van der Waals surface area contributed by atoms with E-state index in [0.29, 0.717) is 23.0 Å². The number of carbonyl (C=O) groups excluding carboxylic acids is 1. The predicted octanol–water partition coefficient (Wildman–Crippen LogP) is 3.44. The lowest BCUT2D eigenvalue weighted by Crippen LogP contribution is -2.13. The predicted molar refractivity (Wildman–Crippen MR) is 78.8 cm³/mol. The molecule has 3 rings (SSSR count). The minimum absolute atomic E-state index is 0.0108. The summed E-state index contributed by atoms with van der Waals surface area (Å²) in [5.41, 5.74) is 1.21. The number of aryl methyl sites for hydroxylation is 1. The van der Waals surface area contributed by atoms with E-state index in [1.54, 1.807) is 37.3 Å². The largest absolute Gasteiger partial charge is 0.339 e. The van der Waals surface area contributed by atoms with Crippen molar-refractivity contribution in [1.29, 1.82) is 0 Å². The number of halogens is 1. The molecule has 0 fully saturated rings. The summed E-state index contributed by atoms with van der Waals surface area (Å²) in [6.07, 6.45) is 0. The van der Waals surface area contributed by atoms with Gasteiger partial charge in [-0.2, -0.15) is 4.98 Å². The molecule has 1 N–H and O–H groups in total. The third-order valence-electron chi connectivity index (χ3n) is 3.02. The van der Waals surface area contributed by atoms with Crippen LogP contribution in [-0.4, -0.2) is 16.0 Å². The third kappa shape index (κ3) is 2.85. The van der Waals surface area contributed by atoms with Crippen LogP contribution in [-0.2, 0) is 0 Å². The van der Waals surface area contributed by atoms with Crippen LogP contribution in [0.25, 0.3) is 11.4 Å². The van der Waals surface area contributed by atoms with Gasteiger partial charge in [0.25, 0.3) is 5.91 Å². The Morgan fingerprint density at radius 2 is 2.00 bits per heavy atom. The fourth-order valence-corrected chi connectivity index (χ4v) is 2.00. The quantitative estimate of drug-likeness (QED) is 0.804. The maximum absolute atomic E-state index is 13.6. The number of rotatable bonds is 3. The Hall–Kier alpha value is -3.02. The molecule has 0 spiro atoms. The second kappa shape index (κ2) is 5.77. The second-order valence-electron chi connectivity index (χ2n) is 4.65. The molecule has 1 amide bonds. The molecule has 0 unspecified atom stereocenters. The minimum atomic E-state index is -0.565. The average Bonchev–Trinajstić information content (AvgIpc) is 2.94. The smallest absolute Gasteiger partial charge is 0.258 e. The highest BCUT2D eigenvalue weighted by molar-refractivity contribution is 6.04. The number of anilines is 1. The Morgan fingerprint density at radius 1 is 1.18 bits per heavy atom. The topological polar surface area (TPSA) is 68.0 Å². The van der Waals surface area contributed by atoms with E-state index in [2.05, 4.69) is 15.5 Å². The summed E-state index contributed by atoms with van der Waals surface area (Å²) in [4.78, 5) is 16.2. The summed E-state index contributed by atoms with van der Waals surface area (Å²) in [6, 6.07) is 12.8. The first-order chi connectivity index (χ1) is 10.6. The molecule has 1 heterocycles. The summed E-state index contributed by atoms with van der Waals surface area (Å²) in [7, 11) is 0. The Bertz CT molecular complexity index is 830. The lowest BCUT2D eigenvalue weighted by molar-refractivity contribution is 0.102. The van der Waals surface area contributed by atoms with Gasteiger partial charge in [0.1, 0.15) is 5.82 Å². The first-order valence-corrected chi connectivity index (χ1v) is 6.60. The van der Waals surface area contributed by atoms with Crippen molar-refractivity contribution in [3.63, 3.8) is 0 Å². The standard InChI is InChI=1S/C16H12FN3O2/c1-10-18-15(20-22-10)11-5-4-6-12(9-11)19-16(21)13-7-2-3-8-14(13)17/h2-9H,1H3,(H,19,21). The monoisotopic (exact) mass is 297 g/mol. The Morgan fingerprint density at radius 3 is 2.73 bits per heavy atom. The molecule has 5 nitrogen and oxygen atoms in total. The summed E-state index contributed by atoms with van der Waals surface area (Å²) in [5, 5.41) is 6.47. The average molecular weight is 297 g/mol. The molecular weight excluding hydrogens is 285 g/mol. The van der Waals surface area contributed by atoms with Gasteiger partial charge in [-0.1, -0.05) is 29.4 Å². The molecule has 0 saturated heterocycles. The molecule has 0 aliphatic rings. The Labute approximate surface area is 125 Å². The van der Waals surface area contributed by atoms with Crippen molar-refractivity contribution in [2.24, 2.45) is 0 Å². The zero-order chi connectivity index (χ0) is 15.5. The lowest BCUT2D eigenvalue weighted by Gasteiger charge is -2.06. The zero-order valence-corrected chi connectivity index (χ0v) is 11.7. The van der Waals surface area contributed by atoms with Gasteiger partial charge in [0.2, 0.25) is 11.7 Å². The number of nitrogens with zero attached hydrogens (tertiary/aromatic N) is 2. The third-order valence-corrected chi connectivity index (χ3v) is 3.02. The normalized spacial score (nSPS) is 10.5. The van der Waals surface area contributed by atoms with Crippen molar-refractivity contribution in [3.05, 3.63) is 65.8 Å². The van der Waals surface area contributed by atoms with Crippen molar-refractivity contribution >= 4 is 11.6 Å². The number of hydrogen-bond acceptors (Lipinski definition) is 4. The zero-order valence-electron chi connectivity index (χ0n) is 11.7. The highest BCUT2D eigenvalue weighted by Gasteiger charge is 2.12. The fourth-order valence-electron chi connectivity index (χ4n) is 2.00. The van der Waals surface area contributed by atoms with Gasteiger partial charge in [-0.05, 0) is 24.3 Å². The molecule has 0 aliphatic heterocycles. The summed E-state index contributed by atoms with van der Waals surface area (Å²) >= 11 is 0. The number of carbonyl (C=O) groups is 1. The van der Waals surface area contributed by atoms with Gasteiger partial charge < -0.3 is 9.84 Å². The minimum Gasteiger partial charge on any atom is -0.339 e. The van der Waals surface area contributed by atoms with Crippen LogP contribution in [0.1, 0.15) is 16.2 Å². The van der Waals surface area contributed by atoms with E-state index in [9.17, 15) is 9.18 Å². The van der Waals surface area contributed by atoms with Gasteiger partial charge in [-0.25, -0.2) is 4.39 Å². The second-order valence-corrected chi connectivity index (χ2v) is 4.65.